The lowest BCUT2D eigenvalue weighted by atomic mass is 10.2. The Morgan fingerprint density at radius 2 is 2.00 bits per heavy atom. The Balaban J connectivity index is 2.08. The summed E-state index contributed by atoms with van der Waals surface area (Å²) in [4.78, 5) is 14.3. The molecule has 0 saturated carbocycles. The normalized spacial score (nSPS) is 20.7. The van der Waals surface area contributed by atoms with Crippen molar-refractivity contribution in [3.05, 3.63) is 29.8 Å². The molecule has 0 aliphatic carbocycles. The molecule has 1 saturated heterocycles. The summed E-state index contributed by atoms with van der Waals surface area (Å²) in [6.45, 7) is 7.48. The molecule has 1 heterocycles. The van der Waals surface area contributed by atoms with E-state index >= 15 is 0 Å². The van der Waals surface area contributed by atoms with Crippen LogP contribution in [0.15, 0.2) is 29.2 Å². The summed E-state index contributed by atoms with van der Waals surface area (Å²) in [6.07, 6.45) is 0. The van der Waals surface area contributed by atoms with Gasteiger partial charge in [-0.05, 0) is 32.9 Å². The maximum Gasteiger partial charge on any atom is 0.241 e. The van der Waals surface area contributed by atoms with Crippen molar-refractivity contribution in [1.29, 1.82) is 0 Å². The molecule has 1 fully saturated rings. The monoisotopic (exact) mass is 325 g/mol. The van der Waals surface area contributed by atoms with Crippen molar-refractivity contribution in [2.75, 3.05) is 19.6 Å². The highest BCUT2D eigenvalue weighted by molar-refractivity contribution is 7.89. The molecule has 2 rings (SSSR count). The van der Waals surface area contributed by atoms with E-state index in [0.29, 0.717) is 6.54 Å². The van der Waals surface area contributed by atoms with Crippen LogP contribution in [0.3, 0.4) is 0 Å². The Morgan fingerprint density at radius 1 is 1.36 bits per heavy atom. The van der Waals surface area contributed by atoms with Gasteiger partial charge in [0, 0.05) is 25.7 Å². The molecule has 6 nitrogen and oxygen atoms in total. The zero-order valence-corrected chi connectivity index (χ0v) is 14.0. The highest BCUT2D eigenvalue weighted by atomic mass is 32.2. The fourth-order valence-corrected chi connectivity index (χ4v) is 3.68. The molecule has 1 aromatic carbocycles. The van der Waals surface area contributed by atoms with E-state index in [1.807, 2.05) is 13.8 Å². The van der Waals surface area contributed by atoms with Crippen LogP contribution in [0.4, 0.5) is 0 Å². The molecule has 1 aliphatic heterocycles. The van der Waals surface area contributed by atoms with E-state index in [2.05, 4.69) is 10.0 Å². The Labute approximate surface area is 131 Å². The number of benzene rings is 1. The van der Waals surface area contributed by atoms with Crippen molar-refractivity contribution in [3.63, 3.8) is 0 Å². The van der Waals surface area contributed by atoms with Crippen molar-refractivity contribution >= 4 is 15.9 Å². The van der Waals surface area contributed by atoms with Crippen molar-refractivity contribution in [2.45, 2.75) is 37.8 Å². The summed E-state index contributed by atoms with van der Waals surface area (Å²) in [6, 6.07) is 5.84. The number of sulfonamides is 1. The van der Waals surface area contributed by atoms with Crippen LogP contribution >= 0.6 is 0 Å². The van der Waals surface area contributed by atoms with Crippen molar-refractivity contribution in [2.24, 2.45) is 0 Å². The summed E-state index contributed by atoms with van der Waals surface area (Å²) in [7, 11) is -3.69. The largest absolute Gasteiger partial charge is 0.336 e. The number of carbonyl (C=O) groups is 1. The lowest BCUT2D eigenvalue weighted by Gasteiger charge is -2.35. The number of rotatable bonds is 4. The molecule has 122 valence electrons. The molecule has 7 heteroatoms. The molecule has 1 amide bonds. The number of nitrogens with zero attached hydrogens (tertiary/aromatic N) is 1. The summed E-state index contributed by atoms with van der Waals surface area (Å²) in [5, 5.41) is 3.21. The number of piperazine rings is 1. The van der Waals surface area contributed by atoms with Gasteiger partial charge in [0.2, 0.25) is 15.9 Å². The SMILES string of the molecule is Cc1ccc(S(=O)(=O)NC(C)C(=O)N2CCNC[C@H]2C)cc1. The van der Waals surface area contributed by atoms with Crippen LogP contribution in [0.1, 0.15) is 19.4 Å². The van der Waals surface area contributed by atoms with Gasteiger partial charge in [0.15, 0.2) is 0 Å². The van der Waals surface area contributed by atoms with E-state index in [-0.39, 0.29) is 16.8 Å². The van der Waals surface area contributed by atoms with E-state index in [4.69, 9.17) is 0 Å². The third kappa shape index (κ3) is 3.85. The van der Waals surface area contributed by atoms with Gasteiger partial charge in [-0.3, -0.25) is 4.79 Å². The molecule has 2 atom stereocenters. The van der Waals surface area contributed by atoms with Crippen LogP contribution < -0.4 is 10.0 Å². The number of aryl methyl sites for hydroxylation is 1. The maximum atomic E-state index is 12.4. The number of hydrogen-bond donors (Lipinski definition) is 2. The number of carbonyl (C=O) groups excluding carboxylic acids is 1. The van der Waals surface area contributed by atoms with Gasteiger partial charge in [-0.15, -0.1) is 0 Å². The third-order valence-electron chi connectivity index (χ3n) is 3.82. The van der Waals surface area contributed by atoms with Gasteiger partial charge in [-0.25, -0.2) is 8.42 Å². The predicted octanol–water partition coefficient (Wildman–Crippen LogP) is 0.482. The second-order valence-corrected chi connectivity index (χ2v) is 7.45. The van der Waals surface area contributed by atoms with Crippen LogP contribution in [0.2, 0.25) is 0 Å². The minimum atomic E-state index is -3.69. The number of amides is 1. The van der Waals surface area contributed by atoms with Crippen LogP contribution in [-0.2, 0) is 14.8 Å². The summed E-state index contributed by atoms with van der Waals surface area (Å²) in [5.74, 6) is -0.190. The first kappa shape index (κ1) is 16.9. The topological polar surface area (TPSA) is 78.5 Å². The van der Waals surface area contributed by atoms with Gasteiger partial charge in [0.05, 0.1) is 10.9 Å². The summed E-state index contributed by atoms with van der Waals surface area (Å²) >= 11 is 0. The summed E-state index contributed by atoms with van der Waals surface area (Å²) < 4.78 is 27.1. The molecule has 1 unspecified atom stereocenters. The molecule has 2 N–H and O–H groups in total. The second-order valence-electron chi connectivity index (χ2n) is 5.74. The van der Waals surface area contributed by atoms with Gasteiger partial charge in [0.25, 0.3) is 0 Å². The Kier molecular flexibility index (Phi) is 5.20. The second kappa shape index (κ2) is 6.76. The molecule has 1 aromatic rings. The van der Waals surface area contributed by atoms with Crippen LogP contribution in [0.5, 0.6) is 0 Å². The van der Waals surface area contributed by atoms with E-state index in [9.17, 15) is 13.2 Å². The van der Waals surface area contributed by atoms with E-state index in [1.54, 1.807) is 36.1 Å². The van der Waals surface area contributed by atoms with Crippen LogP contribution in [0.25, 0.3) is 0 Å². The lowest BCUT2D eigenvalue weighted by Crippen LogP contribution is -2.57. The molecule has 0 spiro atoms. The molecule has 0 aromatic heterocycles. The van der Waals surface area contributed by atoms with Crippen molar-refractivity contribution < 1.29 is 13.2 Å². The lowest BCUT2D eigenvalue weighted by molar-refractivity contribution is -0.135. The Hall–Kier alpha value is -1.44. The van der Waals surface area contributed by atoms with E-state index in [0.717, 1.165) is 18.7 Å². The zero-order chi connectivity index (χ0) is 16.3. The predicted molar refractivity (Wildman–Crippen MR) is 85.0 cm³/mol. The third-order valence-corrected chi connectivity index (χ3v) is 5.37. The van der Waals surface area contributed by atoms with Crippen molar-refractivity contribution in [1.82, 2.24) is 14.9 Å². The van der Waals surface area contributed by atoms with Gasteiger partial charge in [-0.2, -0.15) is 4.72 Å². The quantitative estimate of drug-likeness (QED) is 0.844. The molecule has 0 bridgehead atoms. The minimum absolute atomic E-state index is 0.0626. The fraction of sp³-hybridized carbons (Fsp3) is 0.533. The zero-order valence-electron chi connectivity index (χ0n) is 13.2. The molecular formula is C15H23N3O3S. The highest BCUT2D eigenvalue weighted by Crippen LogP contribution is 2.12. The Morgan fingerprint density at radius 3 is 2.59 bits per heavy atom. The smallest absolute Gasteiger partial charge is 0.241 e. The standard InChI is InChI=1S/C15H23N3O3S/c1-11-4-6-14(7-5-11)22(20,21)17-13(3)15(19)18-9-8-16-10-12(18)2/h4-7,12-13,16-17H,8-10H2,1-3H3/t12-,13?/m1/s1. The van der Waals surface area contributed by atoms with Crippen LogP contribution in [0, 0.1) is 6.92 Å². The molecule has 0 radical (unpaired) electrons. The Bertz CT molecular complexity index is 628. The molecular weight excluding hydrogens is 302 g/mol. The average Bonchev–Trinajstić information content (AvgIpc) is 2.47. The first-order valence-electron chi connectivity index (χ1n) is 7.41. The highest BCUT2D eigenvalue weighted by Gasteiger charge is 2.29. The minimum Gasteiger partial charge on any atom is -0.336 e. The maximum absolute atomic E-state index is 12.4. The van der Waals surface area contributed by atoms with Gasteiger partial charge < -0.3 is 10.2 Å². The first-order valence-corrected chi connectivity index (χ1v) is 8.90. The average molecular weight is 325 g/mol. The number of nitrogens with one attached hydrogen (secondary N) is 2. The van der Waals surface area contributed by atoms with E-state index < -0.39 is 16.1 Å². The van der Waals surface area contributed by atoms with Crippen molar-refractivity contribution in [3.8, 4) is 0 Å². The van der Waals surface area contributed by atoms with Gasteiger partial charge >= 0.3 is 0 Å². The molecule has 1 aliphatic rings. The fourth-order valence-electron chi connectivity index (χ4n) is 2.49. The molecule has 22 heavy (non-hydrogen) atoms. The van der Waals surface area contributed by atoms with E-state index in [1.165, 1.54) is 0 Å². The van der Waals surface area contributed by atoms with Gasteiger partial charge in [-0.1, -0.05) is 17.7 Å². The summed E-state index contributed by atoms with van der Waals surface area (Å²) in [5.41, 5.74) is 0.984. The van der Waals surface area contributed by atoms with Gasteiger partial charge in [0.1, 0.15) is 0 Å². The first-order chi connectivity index (χ1) is 10.3. The van der Waals surface area contributed by atoms with Crippen LogP contribution in [-0.4, -0.2) is 50.9 Å². The number of hydrogen-bond acceptors (Lipinski definition) is 4.